The molecular formula is C24H21ClF6N2O4. The third-order valence-corrected chi connectivity index (χ3v) is 6.60. The zero-order valence-electron chi connectivity index (χ0n) is 19.0. The van der Waals surface area contributed by atoms with E-state index in [2.05, 4.69) is 5.32 Å². The Morgan fingerprint density at radius 3 is 2.19 bits per heavy atom. The number of rotatable bonds is 5. The first-order valence-corrected chi connectivity index (χ1v) is 11.6. The highest BCUT2D eigenvalue weighted by Crippen LogP contribution is 2.47. The lowest BCUT2D eigenvalue weighted by atomic mass is 9.89. The maximum Gasteiger partial charge on any atom is 0.416 e. The van der Waals surface area contributed by atoms with Crippen molar-refractivity contribution in [2.24, 2.45) is 5.92 Å². The average Bonchev–Trinajstić information content (AvgIpc) is 3.63. The van der Waals surface area contributed by atoms with Gasteiger partial charge in [0, 0.05) is 17.5 Å². The van der Waals surface area contributed by atoms with Gasteiger partial charge in [-0.15, -0.1) is 0 Å². The monoisotopic (exact) mass is 550 g/mol. The smallest absolute Gasteiger partial charge is 0.416 e. The van der Waals surface area contributed by atoms with Gasteiger partial charge in [-0.2, -0.15) is 26.3 Å². The Balaban J connectivity index is 1.46. The van der Waals surface area contributed by atoms with Crippen molar-refractivity contribution in [3.05, 3.63) is 63.7 Å². The molecule has 0 aromatic heterocycles. The van der Waals surface area contributed by atoms with Gasteiger partial charge in [-0.3, -0.25) is 4.90 Å². The van der Waals surface area contributed by atoms with Gasteiger partial charge in [0.25, 0.3) is 0 Å². The summed E-state index contributed by atoms with van der Waals surface area (Å²) in [5, 5.41) is 12.7. The molecule has 0 radical (unpaired) electrons. The minimum absolute atomic E-state index is 0.0272. The van der Waals surface area contributed by atoms with E-state index in [9.17, 15) is 41.0 Å². The molecule has 1 aliphatic carbocycles. The van der Waals surface area contributed by atoms with Crippen LogP contribution in [0.5, 0.6) is 0 Å². The molecule has 2 unspecified atom stereocenters. The van der Waals surface area contributed by atoms with Gasteiger partial charge in [-0.1, -0.05) is 11.6 Å². The van der Waals surface area contributed by atoms with Crippen LogP contribution < -0.4 is 10.2 Å². The quantitative estimate of drug-likeness (QED) is 0.391. The van der Waals surface area contributed by atoms with Crippen molar-refractivity contribution in [3.8, 4) is 0 Å². The number of carbonyl (C=O) groups is 2. The van der Waals surface area contributed by atoms with E-state index in [4.69, 9.17) is 16.3 Å². The van der Waals surface area contributed by atoms with E-state index in [0.29, 0.717) is 28.4 Å². The molecule has 0 bridgehead atoms. The van der Waals surface area contributed by atoms with Crippen LogP contribution in [0.25, 0.3) is 0 Å². The maximum absolute atomic E-state index is 13.1. The lowest BCUT2D eigenvalue weighted by Crippen LogP contribution is -2.48. The molecule has 2 aromatic rings. The van der Waals surface area contributed by atoms with Crippen molar-refractivity contribution in [3.63, 3.8) is 0 Å². The van der Waals surface area contributed by atoms with Gasteiger partial charge in [0.15, 0.2) is 0 Å². The molecule has 1 saturated carbocycles. The fourth-order valence-electron chi connectivity index (χ4n) is 4.55. The summed E-state index contributed by atoms with van der Waals surface area (Å²) in [5.74, 6) is 0.129. The predicted molar refractivity (Wildman–Crippen MR) is 120 cm³/mol. The van der Waals surface area contributed by atoms with Crippen LogP contribution in [0, 0.1) is 5.92 Å². The SMILES string of the molecule is O=C(NC1CC(C2CC2)N(C(=O)O)c2ccc(Cl)cc21)OCCc1cc(C(F)(F)F)cc(C(F)(F)F)c1. The Morgan fingerprint density at radius 2 is 1.65 bits per heavy atom. The second-order valence-corrected chi connectivity index (χ2v) is 9.43. The largest absolute Gasteiger partial charge is 0.465 e. The summed E-state index contributed by atoms with van der Waals surface area (Å²) < 4.78 is 83.4. The third kappa shape index (κ3) is 6.23. The highest BCUT2D eigenvalue weighted by Gasteiger charge is 2.44. The predicted octanol–water partition coefficient (Wildman–Crippen LogP) is 7.05. The molecule has 37 heavy (non-hydrogen) atoms. The minimum Gasteiger partial charge on any atom is -0.465 e. The molecule has 4 rings (SSSR count). The number of nitrogens with one attached hydrogen (secondary N) is 1. The first kappa shape index (κ1) is 26.9. The summed E-state index contributed by atoms with van der Waals surface area (Å²) in [5.41, 5.74) is -2.38. The van der Waals surface area contributed by atoms with E-state index < -0.39 is 48.3 Å². The van der Waals surface area contributed by atoms with Crippen molar-refractivity contribution < 1.29 is 45.8 Å². The van der Waals surface area contributed by atoms with Crippen molar-refractivity contribution in [1.82, 2.24) is 5.32 Å². The Hall–Kier alpha value is -3.15. The molecule has 6 nitrogen and oxygen atoms in total. The Labute approximate surface area is 212 Å². The van der Waals surface area contributed by atoms with Crippen molar-refractivity contribution in [1.29, 1.82) is 0 Å². The van der Waals surface area contributed by atoms with Crippen LogP contribution in [0.15, 0.2) is 36.4 Å². The Morgan fingerprint density at radius 1 is 1.03 bits per heavy atom. The van der Waals surface area contributed by atoms with Crippen LogP contribution in [-0.4, -0.2) is 29.9 Å². The van der Waals surface area contributed by atoms with Crippen LogP contribution in [0.2, 0.25) is 5.02 Å². The number of hydrogen-bond acceptors (Lipinski definition) is 3. The van der Waals surface area contributed by atoms with Gasteiger partial charge in [-0.25, -0.2) is 9.59 Å². The number of anilines is 1. The zero-order valence-corrected chi connectivity index (χ0v) is 19.8. The number of nitrogens with zero attached hydrogens (tertiary/aromatic N) is 1. The van der Waals surface area contributed by atoms with Crippen LogP contribution in [0.3, 0.4) is 0 Å². The van der Waals surface area contributed by atoms with Gasteiger partial charge < -0.3 is 15.2 Å². The molecule has 2 aliphatic rings. The number of amides is 2. The van der Waals surface area contributed by atoms with E-state index in [1.54, 1.807) is 6.07 Å². The summed E-state index contributed by atoms with van der Waals surface area (Å²) in [6.07, 6.45) is -10.5. The van der Waals surface area contributed by atoms with E-state index in [0.717, 1.165) is 12.8 Å². The van der Waals surface area contributed by atoms with E-state index >= 15 is 0 Å². The van der Waals surface area contributed by atoms with Gasteiger partial charge in [0.2, 0.25) is 0 Å². The normalized spacial score (nSPS) is 19.8. The number of carboxylic acid groups (broad SMARTS) is 1. The first-order valence-electron chi connectivity index (χ1n) is 11.3. The number of halogens is 7. The minimum atomic E-state index is -4.98. The summed E-state index contributed by atoms with van der Waals surface area (Å²) in [6.45, 7) is -0.479. The molecule has 1 fully saturated rings. The number of carbonyl (C=O) groups excluding carboxylic acids is 1. The van der Waals surface area contributed by atoms with Crippen molar-refractivity contribution in [2.75, 3.05) is 11.5 Å². The topological polar surface area (TPSA) is 78.9 Å². The van der Waals surface area contributed by atoms with Crippen LogP contribution in [-0.2, 0) is 23.5 Å². The fourth-order valence-corrected chi connectivity index (χ4v) is 4.73. The molecule has 1 aliphatic heterocycles. The first-order chi connectivity index (χ1) is 17.2. The Kier molecular flexibility index (Phi) is 7.24. The highest BCUT2D eigenvalue weighted by atomic mass is 35.5. The number of benzene rings is 2. The fraction of sp³-hybridized carbons (Fsp3) is 0.417. The number of alkyl carbamates (subject to hydrolysis) is 1. The van der Waals surface area contributed by atoms with Crippen LogP contribution in [0.1, 0.15) is 47.6 Å². The van der Waals surface area contributed by atoms with Crippen molar-refractivity contribution in [2.45, 2.75) is 50.1 Å². The molecule has 0 spiro atoms. The number of fused-ring (bicyclic) bond motifs is 1. The van der Waals surface area contributed by atoms with Crippen LogP contribution in [0.4, 0.5) is 41.6 Å². The molecule has 0 saturated heterocycles. The molecular weight excluding hydrogens is 530 g/mol. The molecule has 2 aromatic carbocycles. The maximum atomic E-state index is 13.1. The summed E-state index contributed by atoms with van der Waals surface area (Å²) in [4.78, 5) is 25.7. The van der Waals surface area contributed by atoms with E-state index in [1.165, 1.54) is 17.0 Å². The van der Waals surface area contributed by atoms with Gasteiger partial charge in [-0.05, 0) is 72.7 Å². The van der Waals surface area contributed by atoms with Gasteiger partial charge >= 0.3 is 24.5 Å². The lowest BCUT2D eigenvalue weighted by molar-refractivity contribution is -0.143. The average molecular weight is 551 g/mol. The lowest BCUT2D eigenvalue weighted by Gasteiger charge is -2.39. The van der Waals surface area contributed by atoms with Gasteiger partial charge in [0.05, 0.1) is 29.5 Å². The summed E-state index contributed by atoms with van der Waals surface area (Å²) in [6, 6.07) is 4.75. The molecule has 200 valence electrons. The molecule has 13 heteroatoms. The number of ether oxygens (including phenoxy) is 1. The standard InChI is InChI=1S/C24H21ClF6N2O4/c25-16-3-4-19-17(10-16)18(11-20(13-1-2-13)33(19)22(35)36)32-21(34)37-6-5-12-7-14(23(26,27)28)9-15(8-12)24(29,30)31/h3-4,7-10,13,18,20H,1-2,5-6,11H2,(H,32,34)(H,35,36). The molecule has 2 N–H and O–H groups in total. The zero-order chi connectivity index (χ0) is 27.1. The van der Waals surface area contributed by atoms with Crippen molar-refractivity contribution >= 4 is 29.5 Å². The number of hydrogen-bond donors (Lipinski definition) is 2. The van der Waals surface area contributed by atoms with E-state index in [1.807, 2.05) is 0 Å². The second kappa shape index (κ2) is 9.96. The van der Waals surface area contributed by atoms with Crippen LogP contribution >= 0.6 is 11.6 Å². The molecule has 2 atom stereocenters. The third-order valence-electron chi connectivity index (χ3n) is 6.37. The number of alkyl halides is 6. The summed E-state index contributed by atoms with van der Waals surface area (Å²) in [7, 11) is 0. The Bertz CT molecular complexity index is 1170. The summed E-state index contributed by atoms with van der Waals surface area (Å²) >= 11 is 6.09. The molecule has 1 heterocycles. The van der Waals surface area contributed by atoms with E-state index in [-0.39, 0.29) is 36.4 Å². The molecule has 2 amide bonds. The highest BCUT2D eigenvalue weighted by molar-refractivity contribution is 6.30. The van der Waals surface area contributed by atoms with Gasteiger partial charge in [0.1, 0.15) is 0 Å². The second-order valence-electron chi connectivity index (χ2n) is 8.99.